The predicted molar refractivity (Wildman–Crippen MR) is 103 cm³/mol. The standard InChI is InChI=1S/C20H25N3O3/c1-13-9-14(2)20(15(3)10-13)21-19(24)12-22(5)16(4)17-7-6-8-18(11-17)23(25)26/h6-11,16H,12H2,1-5H3,(H,21,24)/p+1/t16-/m0/s1. The maximum absolute atomic E-state index is 12.5. The topological polar surface area (TPSA) is 76.7 Å². The minimum atomic E-state index is -0.402. The number of nitro benzene ring substituents is 1. The zero-order valence-corrected chi connectivity index (χ0v) is 15.9. The molecule has 0 saturated carbocycles. The number of quaternary nitrogens is 1. The molecule has 2 aromatic rings. The van der Waals surface area contributed by atoms with Crippen LogP contribution in [0.4, 0.5) is 11.4 Å². The van der Waals surface area contributed by atoms with Crippen LogP contribution in [-0.2, 0) is 4.79 Å². The Kier molecular flexibility index (Phi) is 6.10. The molecule has 0 saturated heterocycles. The van der Waals surface area contributed by atoms with Crippen LogP contribution >= 0.6 is 0 Å². The molecule has 1 amide bonds. The Morgan fingerprint density at radius 1 is 1.19 bits per heavy atom. The maximum Gasteiger partial charge on any atom is 0.279 e. The minimum Gasteiger partial charge on any atom is -0.324 e. The fraction of sp³-hybridized carbons (Fsp3) is 0.350. The van der Waals surface area contributed by atoms with Crippen LogP contribution in [0, 0.1) is 30.9 Å². The van der Waals surface area contributed by atoms with Crippen LogP contribution in [0.3, 0.4) is 0 Å². The number of anilines is 1. The van der Waals surface area contributed by atoms with Gasteiger partial charge in [-0.1, -0.05) is 29.8 Å². The summed E-state index contributed by atoms with van der Waals surface area (Å²) < 4.78 is 0. The minimum absolute atomic E-state index is 0.0409. The van der Waals surface area contributed by atoms with E-state index in [1.54, 1.807) is 12.1 Å². The molecule has 2 rings (SSSR count). The van der Waals surface area contributed by atoms with E-state index >= 15 is 0 Å². The van der Waals surface area contributed by atoms with E-state index in [1.165, 1.54) is 11.6 Å². The van der Waals surface area contributed by atoms with Crippen LogP contribution in [0.1, 0.15) is 35.2 Å². The van der Waals surface area contributed by atoms with Gasteiger partial charge in [0.2, 0.25) is 0 Å². The van der Waals surface area contributed by atoms with E-state index in [1.807, 2.05) is 52.9 Å². The number of carbonyl (C=O) groups is 1. The lowest BCUT2D eigenvalue weighted by Gasteiger charge is -2.22. The van der Waals surface area contributed by atoms with Crippen molar-refractivity contribution >= 4 is 17.3 Å². The molecule has 0 aliphatic rings. The molecule has 2 aromatic carbocycles. The number of benzene rings is 2. The predicted octanol–water partition coefficient (Wildman–Crippen LogP) is 2.73. The second-order valence-electron chi connectivity index (χ2n) is 6.92. The molecule has 6 heteroatoms. The second kappa shape index (κ2) is 8.10. The molecule has 0 fully saturated rings. The van der Waals surface area contributed by atoms with Gasteiger partial charge in [0.1, 0.15) is 6.04 Å². The fourth-order valence-corrected chi connectivity index (χ4v) is 3.16. The summed E-state index contributed by atoms with van der Waals surface area (Å²) in [5.74, 6) is -0.0742. The van der Waals surface area contributed by atoms with Gasteiger partial charge in [-0.3, -0.25) is 14.9 Å². The van der Waals surface area contributed by atoms with Gasteiger partial charge in [0, 0.05) is 23.4 Å². The molecular formula is C20H26N3O3+. The van der Waals surface area contributed by atoms with Crippen molar-refractivity contribution in [2.45, 2.75) is 33.7 Å². The number of nitrogens with zero attached hydrogens (tertiary/aromatic N) is 1. The van der Waals surface area contributed by atoms with Crippen molar-refractivity contribution in [3.63, 3.8) is 0 Å². The van der Waals surface area contributed by atoms with Crippen molar-refractivity contribution < 1.29 is 14.6 Å². The van der Waals surface area contributed by atoms with Crippen molar-refractivity contribution in [3.8, 4) is 0 Å². The van der Waals surface area contributed by atoms with Gasteiger partial charge in [0.25, 0.3) is 11.6 Å². The lowest BCUT2D eigenvalue weighted by atomic mass is 10.0. The summed E-state index contributed by atoms with van der Waals surface area (Å²) in [6.45, 7) is 8.24. The van der Waals surface area contributed by atoms with Crippen molar-refractivity contribution in [2.24, 2.45) is 0 Å². The van der Waals surface area contributed by atoms with Crippen molar-refractivity contribution in [1.82, 2.24) is 0 Å². The number of nitro groups is 1. The van der Waals surface area contributed by atoms with E-state index in [0.29, 0.717) is 0 Å². The molecular weight excluding hydrogens is 330 g/mol. The second-order valence-corrected chi connectivity index (χ2v) is 6.92. The van der Waals surface area contributed by atoms with Gasteiger partial charge >= 0.3 is 0 Å². The smallest absolute Gasteiger partial charge is 0.279 e. The first-order valence-electron chi connectivity index (χ1n) is 8.63. The Labute approximate surface area is 154 Å². The van der Waals surface area contributed by atoms with E-state index in [0.717, 1.165) is 27.3 Å². The summed E-state index contributed by atoms with van der Waals surface area (Å²) >= 11 is 0. The Morgan fingerprint density at radius 2 is 1.81 bits per heavy atom. The molecule has 1 unspecified atom stereocenters. The van der Waals surface area contributed by atoms with Crippen LogP contribution in [0.15, 0.2) is 36.4 Å². The average Bonchev–Trinajstić information content (AvgIpc) is 2.57. The molecule has 0 heterocycles. The van der Waals surface area contributed by atoms with Crippen LogP contribution in [0.25, 0.3) is 0 Å². The van der Waals surface area contributed by atoms with Gasteiger partial charge in [-0.25, -0.2) is 0 Å². The number of amides is 1. The number of likely N-dealkylation sites (N-methyl/N-ethyl adjacent to an activating group) is 1. The molecule has 2 atom stereocenters. The van der Waals surface area contributed by atoms with Crippen LogP contribution in [0.2, 0.25) is 0 Å². The van der Waals surface area contributed by atoms with E-state index in [-0.39, 0.29) is 24.2 Å². The first-order chi connectivity index (χ1) is 12.2. The molecule has 2 N–H and O–H groups in total. The van der Waals surface area contributed by atoms with Crippen LogP contribution in [-0.4, -0.2) is 24.4 Å². The van der Waals surface area contributed by atoms with Gasteiger partial charge in [-0.15, -0.1) is 0 Å². The quantitative estimate of drug-likeness (QED) is 0.617. The van der Waals surface area contributed by atoms with E-state index < -0.39 is 4.92 Å². The highest BCUT2D eigenvalue weighted by Gasteiger charge is 2.21. The number of carbonyl (C=O) groups excluding carboxylic acids is 1. The Bertz CT molecular complexity index is 810. The first kappa shape index (κ1) is 19.6. The highest BCUT2D eigenvalue weighted by atomic mass is 16.6. The van der Waals surface area contributed by atoms with Gasteiger partial charge in [0.15, 0.2) is 6.54 Å². The van der Waals surface area contributed by atoms with Crippen LogP contribution < -0.4 is 10.2 Å². The Morgan fingerprint density at radius 3 is 2.38 bits per heavy atom. The molecule has 0 bridgehead atoms. The van der Waals surface area contributed by atoms with E-state index in [9.17, 15) is 14.9 Å². The number of hydrogen-bond acceptors (Lipinski definition) is 3. The van der Waals surface area contributed by atoms with Gasteiger partial charge in [-0.05, 0) is 38.8 Å². The zero-order valence-electron chi connectivity index (χ0n) is 15.9. The van der Waals surface area contributed by atoms with Crippen molar-refractivity contribution in [1.29, 1.82) is 0 Å². The van der Waals surface area contributed by atoms with Crippen molar-refractivity contribution in [2.75, 3.05) is 18.9 Å². The number of hydrogen-bond donors (Lipinski definition) is 2. The number of rotatable bonds is 6. The fourth-order valence-electron chi connectivity index (χ4n) is 3.16. The highest BCUT2D eigenvalue weighted by Crippen LogP contribution is 2.21. The van der Waals surface area contributed by atoms with Crippen LogP contribution in [0.5, 0.6) is 0 Å². The Balaban J connectivity index is 2.07. The summed E-state index contributed by atoms with van der Waals surface area (Å²) in [6.07, 6.45) is 0. The lowest BCUT2D eigenvalue weighted by Crippen LogP contribution is -3.10. The third-order valence-corrected chi connectivity index (χ3v) is 4.70. The van der Waals surface area contributed by atoms with Gasteiger partial charge in [0.05, 0.1) is 12.0 Å². The summed E-state index contributed by atoms with van der Waals surface area (Å²) in [7, 11) is 1.91. The molecule has 0 aliphatic heterocycles. The SMILES string of the molecule is Cc1cc(C)c(NC(=O)C[NH+](C)[C@@H](C)c2cccc([N+](=O)[O-])c2)c(C)c1. The number of non-ortho nitro benzene ring substituents is 1. The molecule has 0 radical (unpaired) electrons. The number of nitrogens with one attached hydrogen (secondary N) is 2. The first-order valence-corrected chi connectivity index (χ1v) is 8.63. The van der Waals surface area contributed by atoms with E-state index in [2.05, 4.69) is 5.32 Å². The molecule has 26 heavy (non-hydrogen) atoms. The van der Waals surface area contributed by atoms with Crippen molar-refractivity contribution in [3.05, 3.63) is 68.8 Å². The van der Waals surface area contributed by atoms with Gasteiger partial charge < -0.3 is 10.2 Å². The molecule has 0 aromatic heterocycles. The molecule has 138 valence electrons. The summed E-state index contributed by atoms with van der Waals surface area (Å²) in [6, 6.07) is 10.6. The van der Waals surface area contributed by atoms with Gasteiger partial charge in [-0.2, -0.15) is 0 Å². The third-order valence-electron chi connectivity index (χ3n) is 4.70. The largest absolute Gasteiger partial charge is 0.324 e. The highest BCUT2D eigenvalue weighted by molar-refractivity contribution is 5.93. The normalized spacial score (nSPS) is 13.1. The Hall–Kier alpha value is -2.73. The summed E-state index contributed by atoms with van der Waals surface area (Å²) in [4.78, 5) is 24.0. The lowest BCUT2D eigenvalue weighted by molar-refractivity contribution is -0.902. The maximum atomic E-state index is 12.5. The molecule has 6 nitrogen and oxygen atoms in total. The molecule has 0 spiro atoms. The van der Waals surface area contributed by atoms with E-state index in [4.69, 9.17) is 0 Å². The average molecular weight is 356 g/mol. The zero-order chi connectivity index (χ0) is 19.4. The summed E-state index contributed by atoms with van der Waals surface area (Å²) in [5, 5.41) is 14.0. The molecule has 0 aliphatic carbocycles. The monoisotopic (exact) mass is 356 g/mol. The third kappa shape index (κ3) is 4.67. The number of aryl methyl sites for hydroxylation is 3. The summed E-state index contributed by atoms with van der Waals surface area (Å²) in [5.41, 5.74) is 5.02.